The third-order valence-corrected chi connectivity index (χ3v) is 9.51. The number of ether oxygens (including phenoxy) is 5. The number of esters is 1. The number of carbonyl (C=O) groups is 5. The molecule has 5 amide bonds. The largest absolute Gasteiger partial charge is 0.461 e. The van der Waals surface area contributed by atoms with Crippen molar-refractivity contribution in [3.8, 4) is 0 Å². The molecule has 2 fully saturated rings. The molecule has 52 heavy (non-hydrogen) atoms. The van der Waals surface area contributed by atoms with Crippen LogP contribution in [0.2, 0.25) is 0 Å². The number of thioether (sulfide) groups is 1. The minimum absolute atomic E-state index is 0.0506. The molecule has 4 atom stereocenters. The molecule has 0 radical (unpaired) electrons. The molecule has 0 aromatic heterocycles. The number of carbonyl (C=O) groups excluding carboxylic acids is 5. The lowest BCUT2D eigenvalue weighted by atomic mass is 10.0. The highest BCUT2D eigenvalue weighted by atomic mass is 32.2. The zero-order valence-electron chi connectivity index (χ0n) is 30.7. The first-order valence-electron chi connectivity index (χ1n) is 18.2. The molecular formula is C36H57N5O10S. The zero-order valence-corrected chi connectivity index (χ0v) is 31.5. The van der Waals surface area contributed by atoms with Gasteiger partial charge in [0.15, 0.2) is 0 Å². The van der Waals surface area contributed by atoms with Gasteiger partial charge < -0.3 is 50.3 Å². The first-order chi connectivity index (χ1) is 25.0. The minimum atomic E-state index is -1.17. The highest BCUT2D eigenvalue weighted by molar-refractivity contribution is 8.00. The Balaban J connectivity index is 1.12. The molecule has 16 heteroatoms. The maximum atomic E-state index is 12.8. The normalized spacial score (nSPS) is 18.4. The Labute approximate surface area is 311 Å². The van der Waals surface area contributed by atoms with Gasteiger partial charge in [0.1, 0.15) is 18.2 Å². The van der Waals surface area contributed by atoms with Gasteiger partial charge in [0, 0.05) is 43.7 Å². The van der Waals surface area contributed by atoms with Crippen LogP contribution in [0.25, 0.3) is 0 Å². The summed E-state index contributed by atoms with van der Waals surface area (Å²) in [6.45, 7) is 8.55. The number of nitrogens with one attached hydrogen (secondary N) is 5. The summed E-state index contributed by atoms with van der Waals surface area (Å²) in [5.74, 6) is -0.164. The summed E-state index contributed by atoms with van der Waals surface area (Å²) >= 11 is 1.89. The van der Waals surface area contributed by atoms with E-state index in [-0.39, 0.29) is 43.6 Å². The van der Waals surface area contributed by atoms with E-state index in [0.29, 0.717) is 64.3 Å². The third kappa shape index (κ3) is 18.2. The van der Waals surface area contributed by atoms with Crippen LogP contribution in [-0.2, 0) is 44.7 Å². The average Bonchev–Trinajstić information content (AvgIpc) is 3.65. The molecule has 0 bridgehead atoms. The summed E-state index contributed by atoms with van der Waals surface area (Å²) in [6.07, 6.45) is 3.37. The number of alkyl carbamates (subject to hydrolysis) is 1. The van der Waals surface area contributed by atoms with Crippen LogP contribution in [0, 0.1) is 0 Å². The lowest BCUT2D eigenvalue weighted by molar-refractivity contribution is -0.147. The van der Waals surface area contributed by atoms with E-state index < -0.39 is 29.6 Å². The molecule has 292 valence electrons. The minimum Gasteiger partial charge on any atom is -0.461 e. The van der Waals surface area contributed by atoms with Crippen molar-refractivity contribution in [1.29, 1.82) is 0 Å². The fourth-order valence-electron chi connectivity index (χ4n) is 5.44. The van der Waals surface area contributed by atoms with E-state index in [9.17, 15) is 24.0 Å². The zero-order chi connectivity index (χ0) is 37.6. The second-order valence-electron chi connectivity index (χ2n) is 13.6. The highest BCUT2D eigenvalue weighted by Gasteiger charge is 2.42. The van der Waals surface area contributed by atoms with Gasteiger partial charge in [-0.3, -0.25) is 14.4 Å². The molecule has 2 heterocycles. The Morgan fingerprint density at radius 1 is 0.865 bits per heavy atom. The summed E-state index contributed by atoms with van der Waals surface area (Å²) in [4.78, 5) is 61.2. The smallest absolute Gasteiger partial charge is 0.408 e. The van der Waals surface area contributed by atoms with Crippen LogP contribution in [0.4, 0.5) is 9.59 Å². The molecule has 5 N–H and O–H groups in total. The summed E-state index contributed by atoms with van der Waals surface area (Å²) < 4.78 is 27.2. The average molecular weight is 752 g/mol. The third-order valence-electron chi connectivity index (χ3n) is 8.00. The van der Waals surface area contributed by atoms with E-state index in [1.54, 1.807) is 20.8 Å². The Morgan fingerprint density at radius 3 is 2.19 bits per heavy atom. The van der Waals surface area contributed by atoms with Gasteiger partial charge >= 0.3 is 18.1 Å². The van der Waals surface area contributed by atoms with E-state index in [1.807, 2.05) is 42.1 Å². The van der Waals surface area contributed by atoms with Gasteiger partial charge in [-0.2, -0.15) is 11.8 Å². The van der Waals surface area contributed by atoms with E-state index in [2.05, 4.69) is 26.6 Å². The van der Waals surface area contributed by atoms with E-state index in [4.69, 9.17) is 23.7 Å². The SMILES string of the molecule is CC(C)(C)OC(=O)N[C@H](CC(=O)OCc1ccccc1)C(=O)NCCCOCCOCCOCCCNC(=O)CCCC[C@@H]1SC[C@@H]2NC(=O)N[C@@H]21. The second kappa shape index (κ2) is 23.9. The topological polar surface area (TPSA) is 192 Å². The van der Waals surface area contributed by atoms with Crippen molar-refractivity contribution in [1.82, 2.24) is 26.6 Å². The van der Waals surface area contributed by atoms with E-state index >= 15 is 0 Å². The molecule has 1 aromatic carbocycles. The van der Waals surface area contributed by atoms with E-state index in [1.165, 1.54) is 0 Å². The first-order valence-corrected chi connectivity index (χ1v) is 19.2. The molecular weight excluding hydrogens is 694 g/mol. The first kappa shape index (κ1) is 42.8. The molecule has 0 unspecified atom stereocenters. The number of rotatable bonds is 25. The van der Waals surface area contributed by atoms with Gasteiger partial charge in [0.05, 0.1) is 44.9 Å². The fraction of sp³-hybridized carbons (Fsp3) is 0.694. The molecule has 0 aliphatic carbocycles. The van der Waals surface area contributed by atoms with Gasteiger partial charge in [0.25, 0.3) is 0 Å². The predicted octanol–water partition coefficient (Wildman–Crippen LogP) is 2.80. The highest BCUT2D eigenvalue weighted by Crippen LogP contribution is 2.33. The molecule has 1 aromatic rings. The van der Waals surface area contributed by atoms with Crippen LogP contribution in [-0.4, -0.2) is 117 Å². The maximum Gasteiger partial charge on any atom is 0.408 e. The van der Waals surface area contributed by atoms with Gasteiger partial charge in [-0.05, 0) is 52.0 Å². The standard InChI is InChI=1S/C36H57N5O10S/c1-36(2,3)51-35(46)40-27(23-31(43)50-24-26-11-5-4-6-12-26)33(44)38-16-10-18-48-20-22-49-21-19-47-17-9-15-37-30(42)14-8-7-13-29-32-28(25-52-29)39-34(45)41-32/h4-6,11-12,27-29,32H,7-10,13-25H2,1-3H3,(H,37,42)(H,38,44)(H,40,46)(H2,39,41,45)/t27-,28+,29+,32+/m1/s1. The molecule has 0 spiro atoms. The number of benzene rings is 1. The van der Waals surface area contributed by atoms with Crippen LogP contribution >= 0.6 is 11.8 Å². The monoisotopic (exact) mass is 751 g/mol. The summed E-state index contributed by atoms with van der Waals surface area (Å²) in [5, 5.41) is 14.5. The van der Waals surface area contributed by atoms with Crippen LogP contribution in [0.15, 0.2) is 30.3 Å². The molecule has 2 saturated heterocycles. The van der Waals surface area contributed by atoms with Crippen LogP contribution in [0.5, 0.6) is 0 Å². The van der Waals surface area contributed by atoms with Gasteiger partial charge in [0.2, 0.25) is 11.8 Å². The number of fused-ring (bicyclic) bond motifs is 1. The van der Waals surface area contributed by atoms with Crippen LogP contribution < -0.4 is 26.6 Å². The number of urea groups is 1. The van der Waals surface area contributed by atoms with Crippen molar-refractivity contribution >= 4 is 41.7 Å². The number of hydrogen-bond acceptors (Lipinski definition) is 11. The van der Waals surface area contributed by atoms with Crippen molar-refractivity contribution in [3.05, 3.63) is 35.9 Å². The molecule has 2 aliphatic rings. The summed E-state index contributed by atoms with van der Waals surface area (Å²) in [6, 6.07) is 8.36. The van der Waals surface area contributed by atoms with Crippen LogP contribution in [0.1, 0.15) is 71.3 Å². The quantitative estimate of drug-likeness (QED) is 0.0561. The molecule has 0 saturated carbocycles. The lowest BCUT2D eigenvalue weighted by Gasteiger charge is -2.23. The van der Waals surface area contributed by atoms with Crippen molar-refractivity contribution in [3.63, 3.8) is 0 Å². The lowest BCUT2D eigenvalue weighted by Crippen LogP contribution is -2.49. The van der Waals surface area contributed by atoms with Crippen molar-refractivity contribution in [2.75, 3.05) is 58.5 Å². The number of hydrogen-bond donors (Lipinski definition) is 5. The maximum absolute atomic E-state index is 12.8. The summed E-state index contributed by atoms with van der Waals surface area (Å²) in [5.41, 5.74) is 0.0336. The van der Waals surface area contributed by atoms with Gasteiger partial charge in [-0.25, -0.2) is 9.59 Å². The Morgan fingerprint density at radius 2 is 1.52 bits per heavy atom. The van der Waals surface area contributed by atoms with Gasteiger partial charge in [-0.15, -0.1) is 0 Å². The molecule has 3 rings (SSSR count). The number of unbranched alkanes of at least 4 members (excludes halogenated alkanes) is 1. The Hall–Kier alpha value is -3.60. The Bertz CT molecular complexity index is 1250. The Kier molecular flexibility index (Phi) is 19.6. The van der Waals surface area contributed by atoms with Crippen molar-refractivity contribution in [2.24, 2.45) is 0 Å². The molecule has 15 nitrogen and oxygen atoms in total. The fourth-order valence-corrected chi connectivity index (χ4v) is 6.98. The van der Waals surface area contributed by atoms with Crippen molar-refractivity contribution in [2.45, 2.75) is 101 Å². The second-order valence-corrected chi connectivity index (χ2v) is 14.9. The summed E-state index contributed by atoms with van der Waals surface area (Å²) in [7, 11) is 0. The van der Waals surface area contributed by atoms with Crippen LogP contribution in [0.3, 0.4) is 0 Å². The molecule has 2 aliphatic heterocycles. The predicted molar refractivity (Wildman–Crippen MR) is 196 cm³/mol. The van der Waals surface area contributed by atoms with Gasteiger partial charge in [-0.1, -0.05) is 36.8 Å². The van der Waals surface area contributed by atoms with Crippen molar-refractivity contribution < 1.29 is 47.7 Å². The van der Waals surface area contributed by atoms with E-state index in [0.717, 1.165) is 37.0 Å². The number of amides is 5.